The van der Waals surface area contributed by atoms with Crippen LogP contribution in [0.3, 0.4) is 0 Å². The Morgan fingerprint density at radius 3 is 2.56 bits per heavy atom. The van der Waals surface area contributed by atoms with Crippen molar-refractivity contribution in [2.24, 2.45) is 5.73 Å². The zero-order valence-corrected chi connectivity index (χ0v) is 11.4. The van der Waals surface area contributed by atoms with Crippen molar-refractivity contribution in [3.63, 3.8) is 0 Å². The molecule has 1 rings (SSSR count). The third-order valence-electron chi connectivity index (χ3n) is 3.08. The molecule has 4 nitrogen and oxygen atoms in total. The Bertz CT molecular complexity index is 376. The molecule has 18 heavy (non-hydrogen) atoms. The van der Waals surface area contributed by atoms with Crippen molar-refractivity contribution in [3.05, 3.63) is 35.9 Å². The Kier molecular flexibility index (Phi) is 5.31. The molecule has 0 bridgehead atoms. The van der Waals surface area contributed by atoms with E-state index >= 15 is 0 Å². The third kappa shape index (κ3) is 3.55. The van der Waals surface area contributed by atoms with Crippen molar-refractivity contribution in [2.45, 2.75) is 18.9 Å². The van der Waals surface area contributed by atoms with Crippen LogP contribution in [-0.2, 0) is 10.3 Å². The van der Waals surface area contributed by atoms with E-state index in [-0.39, 0.29) is 5.91 Å². The molecule has 1 aromatic rings. The van der Waals surface area contributed by atoms with Crippen molar-refractivity contribution < 1.29 is 4.79 Å². The second-order valence-electron chi connectivity index (χ2n) is 4.75. The fraction of sp³-hybridized carbons (Fsp3) is 0.500. The van der Waals surface area contributed by atoms with Crippen LogP contribution in [0.1, 0.15) is 18.9 Å². The average molecular weight is 249 g/mol. The molecule has 0 fully saturated rings. The number of nitrogens with one attached hydrogen (secondary N) is 1. The number of carbonyl (C=O) groups excluding carboxylic acids is 1. The van der Waals surface area contributed by atoms with Gasteiger partial charge in [-0.05, 0) is 32.5 Å². The van der Waals surface area contributed by atoms with Gasteiger partial charge in [-0.25, -0.2) is 0 Å². The zero-order chi connectivity index (χ0) is 13.6. The molecule has 4 heteroatoms. The number of hydrogen-bond acceptors (Lipinski definition) is 3. The Morgan fingerprint density at radius 1 is 1.39 bits per heavy atom. The molecule has 1 amide bonds. The van der Waals surface area contributed by atoms with Crippen LogP contribution in [-0.4, -0.2) is 38.0 Å². The predicted molar refractivity (Wildman–Crippen MR) is 74.2 cm³/mol. The Morgan fingerprint density at radius 2 is 2.00 bits per heavy atom. The summed E-state index contributed by atoms with van der Waals surface area (Å²) >= 11 is 0. The van der Waals surface area contributed by atoms with Crippen LogP contribution in [0.5, 0.6) is 0 Å². The van der Waals surface area contributed by atoms with Gasteiger partial charge in [0, 0.05) is 13.6 Å². The first-order valence-corrected chi connectivity index (χ1v) is 6.24. The SMILES string of the molecule is CNCCCN(C)C(=O)C(C)(N)c1ccccc1. The number of amides is 1. The fourth-order valence-corrected chi connectivity index (χ4v) is 1.90. The molecule has 0 saturated heterocycles. The van der Waals surface area contributed by atoms with Crippen molar-refractivity contribution in [1.29, 1.82) is 0 Å². The molecular formula is C14H23N3O. The summed E-state index contributed by atoms with van der Waals surface area (Å²) < 4.78 is 0. The highest BCUT2D eigenvalue weighted by molar-refractivity contribution is 5.86. The lowest BCUT2D eigenvalue weighted by Crippen LogP contribution is -2.50. The van der Waals surface area contributed by atoms with Gasteiger partial charge in [0.05, 0.1) is 0 Å². The molecule has 1 atom stereocenters. The van der Waals surface area contributed by atoms with E-state index < -0.39 is 5.54 Å². The number of rotatable bonds is 6. The largest absolute Gasteiger partial charge is 0.344 e. The molecule has 1 unspecified atom stereocenters. The van der Waals surface area contributed by atoms with Crippen LogP contribution in [0.15, 0.2) is 30.3 Å². The number of nitrogens with two attached hydrogens (primary N) is 1. The monoisotopic (exact) mass is 249 g/mol. The van der Waals surface area contributed by atoms with Crippen LogP contribution >= 0.6 is 0 Å². The first kappa shape index (κ1) is 14.7. The van der Waals surface area contributed by atoms with Gasteiger partial charge in [0.25, 0.3) is 0 Å². The Hall–Kier alpha value is -1.39. The van der Waals surface area contributed by atoms with Gasteiger partial charge in [0.1, 0.15) is 5.54 Å². The maximum Gasteiger partial charge on any atom is 0.246 e. The van der Waals surface area contributed by atoms with E-state index in [1.54, 1.807) is 18.9 Å². The molecule has 0 aliphatic heterocycles. The van der Waals surface area contributed by atoms with E-state index in [1.807, 2.05) is 37.4 Å². The molecule has 1 aromatic carbocycles. The van der Waals surface area contributed by atoms with Gasteiger partial charge in [-0.2, -0.15) is 0 Å². The van der Waals surface area contributed by atoms with Crippen LogP contribution in [0, 0.1) is 0 Å². The van der Waals surface area contributed by atoms with E-state index in [2.05, 4.69) is 5.32 Å². The van der Waals surface area contributed by atoms with Crippen molar-refractivity contribution in [3.8, 4) is 0 Å². The average Bonchev–Trinajstić information content (AvgIpc) is 2.39. The lowest BCUT2D eigenvalue weighted by Gasteiger charge is -2.29. The molecule has 100 valence electrons. The van der Waals surface area contributed by atoms with Crippen LogP contribution in [0.25, 0.3) is 0 Å². The van der Waals surface area contributed by atoms with Crippen LogP contribution in [0.2, 0.25) is 0 Å². The highest BCUT2D eigenvalue weighted by atomic mass is 16.2. The summed E-state index contributed by atoms with van der Waals surface area (Å²) in [5.41, 5.74) is 6.06. The summed E-state index contributed by atoms with van der Waals surface area (Å²) in [6.45, 7) is 3.36. The normalized spacial score (nSPS) is 14.0. The topological polar surface area (TPSA) is 58.4 Å². The van der Waals surface area contributed by atoms with E-state index in [1.165, 1.54) is 0 Å². The first-order chi connectivity index (χ1) is 8.50. The first-order valence-electron chi connectivity index (χ1n) is 6.24. The summed E-state index contributed by atoms with van der Waals surface area (Å²) in [4.78, 5) is 14.0. The fourth-order valence-electron chi connectivity index (χ4n) is 1.90. The quantitative estimate of drug-likeness (QED) is 0.737. The lowest BCUT2D eigenvalue weighted by atomic mass is 9.92. The van der Waals surface area contributed by atoms with Gasteiger partial charge in [-0.15, -0.1) is 0 Å². The minimum absolute atomic E-state index is 0.0511. The molecule has 0 saturated carbocycles. The van der Waals surface area contributed by atoms with Gasteiger partial charge < -0.3 is 16.0 Å². The molecule has 0 aliphatic carbocycles. The lowest BCUT2D eigenvalue weighted by molar-refractivity contribution is -0.135. The molecule has 0 spiro atoms. The zero-order valence-electron chi connectivity index (χ0n) is 11.4. The highest BCUT2D eigenvalue weighted by Crippen LogP contribution is 2.19. The second-order valence-corrected chi connectivity index (χ2v) is 4.75. The van der Waals surface area contributed by atoms with Crippen LogP contribution < -0.4 is 11.1 Å². The Labute approximate surface area is 109 Å². The minimum Gasteiger partial charge on any atom is -0.344 e. The van der Waals surface area contributed by atoms with E-state index in [9.17, 15) is 4.79 Å². The molecule has 0 aromatic heterocycles. The predicted octanol–water partition coefficient (Wildman–Crippen LogP) is 0.928. The maximum atomic E-state index is 12.3. The number of likely N-dealkylation sites (N-methyl/N-ethyl adjacent to an activating group) is 1. The highest BCUT2D eigenvalue weighted by Gasteiger charge is 2.32. The van der Waals surface area contributed by atoms with Gasteiger partial charge >= 0.3 is 0 Å². The van der Waals surface area contributed by atoms with Gasteiger partial charge in [-0.1, -0.05) is 30.3 Å². The smallest absolute Gasteiger partial charge is 0.246 e. The molecule has 3 N–H and O–H groups in total. The summed E-state index contributed by atoms with van der Waals surface area (Å²) in [5, 5.41) is 3.06. The van der Waals surface area contributed by atoms with Crippen molar-refractivity contribution in [2.75, 3.05) is 27.2 Å². The molecule has 0 radical (unpaired) electrons. The number of benzene rings is 1. The summed E-state index contributed by atoms with van der Waals surface area (Å²) in [6.07, 6.45) is 0.920. The van der Waals surface area contributed by atoms with Crippen molar-refractivity contribution in [1.82, 2.24) is 10.2 Å². The van der Waals surface area contributed by atoms with Crippen molar-refractivity contribution >= 4 is 5.91 Å². The van der Waals surface area contributed by atoms with Gasteiger partial charge in [0.2, 0.25) is 5.91 Å². The number of carbonyl (C=O) groups is 1. The van der Waals surface area contributed by atoms with Gasteiger partial charge in [-0.3, -0.25) is 4.79 Å². The molecule has 0 aliphatic rings. The number of hydrogen-bond donors (Lipinski definition) is 2. The molecule has 0 heterocycles. The van der Waals surface area contributed by atoms with Gasteiger partial charge in [0.15, 0.2) is 0 Å². The molecular weight excluding hydrogens is 226 g/mol. The summed E-state index contributed by atoms with van der Waals surface area (Å²) in [7, 11) is 3.70. The van der Waals surface area contributed by atoms with E-state index in [0.717, 1.165) is 18.5 Å². The minimum atomic E-state index is -0.963. The van der Waals surface area contributed by atoms with E-state index in [0.29, 0.717) is 6.54 Å². The summed E-state index contributed by atoms with van der Waals surface area (Å²) in [6, 6.07) is 9.49. The standard InChI is InChI=1S/C14H23N3O/c1-14(15,12-8-5-4-6-9-12)13(18)17(3)11-7-10-16-2/h4-6,8-9,16H,7,10-11,15H2,1-3H3. The maximum absolute atomic E-state index is 12.3. The third-order valence-corrected chi connectivity index (χ3v) is 3.08. The second kappa shape index (κ2) is 6.52. The van der Waals surface area contributed by atoms with Crippen LogP contribution in [0.4, 0.5) is 0 Å². The van der Waals surface area contributed by atoms with E-state index in [4.69, 9.17) is 5.73 Å². The Balaban J connectivity index is 2.70. The summed E-state index contributed by atoms with van der Waals surface area (Å²) in [5.74, 6) is -0.0511. The number of nitrogens with zero attached hydrogens (tertiary/aromatic N) is 1.